The molecule has 31 heavy (non-hydrogen) atoms. The highest BCUT2D eigenvalue weighted by Gasteiger charge is 2.26. The molecular formula is C21H20N4O5S. The molecule has 0 spiro atoms. The molecule has 0 bridgehead atoms. The number of methoxy groups -OCH3 is 1. The number of nitrogens with one attached hydrogen (secondary N) is 2. The summed E-state index contributed by atoms with van der Waals surface area (Å²) in [5.41, 5.74) is 1.61. The Balaban J connectivity index is 1.67. The molecule has 10 heteroatoms. The van der Waals surface area contributed by atoms with Gasteiger partial charge in [0.25, 0.3) is 15.6 Å². The van der Waals surface area contributed by atoms with Crippen molar-refractivity contribution < 1.29 is 17.9 Å². The summed E-state index contributed by atoms with van der Waals surface area (Å²) in [4.78, 5) is 24.8. The van der Waals surface area contributed by atoms with Crippen LogP contribution in [0, 0.1) is 0 Å². The number of carbonyl (C=O) groups is 1. The molecule has 1 aliphatic rings. The zero-order valence-electron chi connectivity index (χ0n) is 16.7. The SMILES string of the molecule is COc1ccc(N2CCCC2=O)cc1S(=O)(=O)Nc1cccc(-c2ccc(=O)[nH]n2)c1. The monoisotopic (exact) mass is 440 g/mol. The van der Waals surface area contributed by atoms with E-state index in [4.69, 9.17) is 4.74 Å². The van der Waals surface area contributed by atoms with Crippen LogP contribution in [-0.4, -0.2) is 38.2 Å². The Kier molecular flexibility index (Phi) is 5.47. The van der Waals surface area contributed by atoms with Crippen LogP contribution in [0.25, 0.3) is 11.3 Å². The minimum absolute atomic E-state index is 0.0393. The van der Waals surface area contributed by atoms with Gasteiger partial charge in [0.1, 0.15) is 10.6 Å². The number of hydrogen-bond acceptors (Lipinski definition) is 6. The van der Waals surface area contributed by atoms with Crippen molar-refractivity contribution in [2.24, 2.45) is 0 Å². The maximum absolute atomic E-state index is 13.2. The fourth-order valence-corrected chi connectivity index (χ4v) is 4.66. The molecular weight excluding hydrogens is 420 g/mol. The molecule has 9 nitrogen and oxygen atoms in total. The number of rotatable bonds is 6. The molecule has 0 saturated carbocycles. The number of ether oxygens (including phenoxy) is 1. The highest BCUT2D eigenvalue weighted by atomic mass is 32.2. The second-order valence-corrected chi connectivity index (χ2v) is 8.63. The minimum atomic E-state index is -4.02. The Labute approximate surface area is 178 Å². The fraction of sp³-hybridized carbons (Fsp3) is 0.190. The molecule has 0 unspecified atom stereocenters. The molecule has 0 aliphatic carbocycles. The molecule has 2 heterocycles. The number of amides is 1. The average molecular weight is 440 g/mol. The lowest BCUT2D eigenvalue weighted by Crippen LogP contribution is -2.24. The predicted molar refractivity (Wildman–Crippen MR) is 116 cm³/mol. The van der Waals surface area contributed by atoms with Crippen LogP contribution >= 0.6 is 0 Å². The first kappa shape index (κ1) is 20.6. The highest BCUT2D eigenvalue weighted by Crippen LogP contribution is 2.32. The number of anilines is 2. The van der Waals surface area contributed by atoms with E-state index < -0.39 is 10.0 Å². The molecule has 3 aromatic rings. The Morgan fingerprint density at radius 2 is 1.94 bits per heavy atom. The van der Waals surface area contributed by atoms with Crippen LogP contribution in [0.2, 0.25) is 0 Å². The van der Waals surface area contributed by atoms with Gasteiger partial charge in [-0.15, -0.1) is 0 Å². The molecule has 1 aliphatic heterocycles. The van der Waals surface area contributed by atoms with Crippen molar-refractivity contribution in [1.29, 1.82) is 0 Å². The van der Waals surface area contributed by atoms with Crippen LogP contribution in [-0.2, 0) is 14.8 Å². The largest absolute Gasteiger partial charge is 0.495 e. The second-order valence-electron chi connectivity index (χ2n) is 6.98. The Bertz CT molecular complexity index is 1280. The molecule has 1 aromatic heterocycles. The molecule has 2 N–H and O–H groups in total. The van der Waals surface area contributed by atoms with Gasteiger partial charge < -0.3 is 9.64 Å². The third-order valence-corrected chi connectivity index (χ3v) is 6.31. The van der Waals surface area contributed by atoms with Crippen LogP contribution in [0.5, 0.6) is 5.75 Å². The number of aromatic nitrogens is 2. The van der Waals surface area contributed by atoms with E-state index in [-0.39, 0.29) is 22.1 Å². The highest BCUT2D eigenvalue weighted by molar-refractivity contribution is 7.92. The molecule has 1 amide bonds. The van der Waals surface area contributed by atoms with Crippen LogP contribution in [0.15, 0.2) is 64.3 Å². The number of sulfonamides is 1. The smallest absolute Gasteiger partial charge is 0.265 e. The molecule has 1 saturated heterocycles. The van der Waals surface area contributed by atoms with E-state index in [2.05, 4.69) is 14.9 Å². The van der Waals surface area contributed by atoms with Crippen molar-refractivity contribution in [3.05, 3.63) is 65.0 Å². The summed E-state index contributed by atoms with van der Waals surface area (Å²) in [6.07, 6.45) is 1.18. The van der Waals surface area contributed by atoms with Gasteiger partial charge in [-0.1, -0.05) is 12.1 Å². The van der Waals surface area contributed by atoms with E-state index in [9.17, 15) is 18.0 Å². The molecule has 0 radical (unpaired) electrons. The van der Waals surface area contributed by atoms with Crippen LogP contribution in [0.3, 0.4) is 0 Å². The first-order chi connectivity index (χ1) is 14.9. The topological polar surface area (TPSA) is 121 Å². The summed E-state index contributed by atoms with van der Waals surface area (Å²) in [5, 5.41) is 6.31. The third kappa shape index (κ3) is 4.29. The molecule has 4 rings (SSSR count). The van der Waals surface area contributed by atoms with Gasteiger partial charge in [0.15, 0.2) is 0 Å². The van der Waals surface area contributed by atoms with Gasteiger partial charge in [-0.05, 0) is 42.8 Å². The van der Waals surface area contributed by atoms with Crippen molar-refractivity contribution in [3.8, 4) is 17.0 Å². The lowest BCUT2D eigenvalue weighted by molar-refractivity contribution is -0.117. The quantitative estimate of drug-likeness (QED) is 0.607. The van der Waals surface area contributed by atoms with Crippen LogP contribution in [0.4, 0.5) is 11.4 Å². The van der Waals surface area contributed by atoms with Crippen molar-refractivity contribution >= 4 is 27.3 Å². The maximum Gasteiger partial charge on any atom is 0.265 e. The molecule has 2 aromatic carbocycles. The van der Waals surface area contributed by atoms with Crippen molar-refractivity contribution in [1.82, 2.24) is 10.2 Å². The first-order valence-corrected chi connectivity index (χ1v) is 11.0. The zero-order valence-corrected chi connectivity index (χ0v) is 17.5. The van der Waals surface area contributed by atoms with E-state index in [1.54, 1.807) is 41.3 Å². The van der Waals surface area contributed by atoms with E-state index in [0.717, 1.165) is 6.42 Å². The number of aromatic amines is 1. The summed E-state index contributed by atoms with van der Waals surface area (Å²) < 4.78 is 34.1. The van der Waals surface area contributed by atoms with Gasteiger partial charge in [0.2, 0.25) is 5.91 Å². The van der Waals surface area contributed by atoms with Crippen molar-refractivity contribution in [2.75, 3.05) is 23.3 Å². The maximum atomic E-state index is 13.2. The first-order valence-electron chi connectivity index (χ1n) is 9.55. The Morgan fingerprint density at radius 1 is 1.10 bits per heavy atom. The summed E-state index contributed by atoms with van der Waals surface area (Å²) in [5.74, 6) is 0.129. The number of carbonyl (C=O) groups excluding carboxylic acids is 1. The number of nitrogens with zero attached hydrogens (tertiary/aromatic N) is 2. The third-order valence-electron chi connectivity index (χ3n) is 4.91. The van der Waals surface area contributed by atoms with Gasteiger partial charge in [-0.3, -0.25) is 14.3 Å². The number of hydrogen-bond donors (Lipinski definition) is 2. The Hall–Kier alpha value is -3.66. The van der Waals surface area contributed by atoms with E-state index >= 15 is 0 Å². The molecule has 0 atom stereocenters. The van der Waals surface area contributed by atoms with Crippen molar-refractivity contribution in [3.63, 3.8) is 0 Å². The average Bonchev–Trinajstić information content (AvgIpc) is 3.19. The van der Waals surface area contributed by atoms with E-state index in [1.807, 2.05) is 0 Å². The fourth-order valence-electron chi connectivity index (χ4n) is 3.42. The Morgan fingerprint density at radius 3 is 2.61 bits per heavy atom. The summed E-state index contributed by atoms with van der Waals surface area (Å²) in [6, 6.07) is 14.2. The van der Waals surface area contributed by atoms with Crippen LogP contribution in [0.1, 0.15) is 12.8 Å². The summed E-state index contributed by atoms with van der Waals surface area (Å²) >= 11 is 0. The van der Waals surface area contributed by atoms with Gasteiger partial charge in [-0.25, -0.2) is 13.5 Å². The van der Waals surface area contributed by atoms with E-state index in [1.165, 1.54) is 25.3 Å². The number of benzene rings is 2. The lowest BCUT2D eigenvalue weighted by atomic mass is 10.1. The summed E-state index contributed by atoms with van der Waals surface area (Å²) in [6.45, 7) is 0.548. The molecule has 160 valence electrons. The normalized spacial score (nSPS) is 14.0. The predicted octanol–water partition coefficient (Wildman–Crippen LogP) is 2.37. The van der Waals surface area contributed by atoms with Gasteiger partial charge in [0, 0.05) is 36.0 Å². The summed E-state index contributed by atoms with van der Waals surface area (Å²) in [7, 11) is -2.64. The van der Waals surface area contributed by atoms with Gasteiger partial charge >= 0.3 is 0 Å². The van der Waals surface area contributed by atoms with Gasteiger partial charge in [0.05, 0.1) is 12.8 Å². The molecule has 1 fully saturated rings. The lowest BCUT2D eigenvalue weighted by Gasteiger charge is -2.19. The minimum Gasteiger partial charge on any atom is -0.495 e. The second kappa shape index (κ2) is 8.23. The number of H-pyrrole nitrogens is 1. The van der Waals surface area contributed by atoms with Gasteiger partial charge in [-0.2, -0.15) is 5.10 Å². The van der Waals surface area contributed by atoms with Crippen molar-refractivity contribution in [2.45, 2.75) is 17.7 Å². The van der Waals surface area contributed by atoms with Crippen LogP contribution < -0.4 is 19.9 Å². The van der Waals surface area contributed by atoms with E-state index in [0.29, 0.717) is 35.6 Å². The standard InChI is InChI=1S/C21H20N4O5S/c1-30-18-9-7-16(25-11-3-6-21(25)27)13-19(18)31(28,29)24-15-5-2-4-14(12-15)17-8-10-20(26)23-22-17/h2,4-5,7-10,12-13,24H,3,6,11H2,1H3,(H,23,26). The zero-order chi connectivity index (χ0) is 22.0.